The molecule has 5 nitrogen and oxygen atoms in total. The van der Waals surface area contributed by atoms with Gasteiger partial charge in [-0.1, -0.05) is 35.3 Å². The molecule has 0 saturated carbocycles. The summed E-state index contributed by atoms with van der Waals surface area (Å²) < 4.78 is 23.9. The van der Waals surface area contributed by atoms with Crippen LogP contribution in [0.15, 0.2) is 35.7 Å². The molecule has 0 aliphatic carbocycles. The van der Waals surface area contributed by atoms with E-state index in [4.69, 9.17) is 23.2 Å². The molecular weight excluding hydrogens is 435 g/mol. The van der Waals surface area contributed by atoms with E-state index in [0.29, 0.717) is 36.2 Å². The lowest BCUT2D eigenvalue weighted by atomic mass is 10.1. The van der Waals surface area contributed by atoms with Gasteiger partial charge in [0.25, 0.3) is 5.91 Å². The third kappa shape index (κ3) is 4.83. The van der Waals surface area contributed by atoms with Crippen LogP contribution in [0.5, 0.6) is 0 Å². The first-order valence-electron chi connectivity index (χ1n) is 7.20. The largest absolute Gasteiger partial charge is 0.298 e. The molecule has 0 aliphatic heterocycles. The number of hydrogen-bond donors (Lipinski definition) is 1. The highest BCUT2D eigenvalue weighted by molar-refractivity contribution is 7.89. The molecule has 10 heteroatoms. The number of halogens is 2. The summed E-state index contributed by atoms with van der Waals surface area (Å²) in [5.74, 6) is -0.483. The molecule has 0 bridgehead atoms. The van der Waals surface area contributed by atoms with Crippen molar-refractivity contribution in [2.45, 2.75) is 5.75 Å². The summed E-state index contributed by atoms with van der Waals surface area (Å²) in [6.45, 7) is 0. The van der Waals surface area contributed by atoms with Crippen molar-refractivity contribution in [1.82, 2.24) is 4.98 Å². The van der Waals surface area contributed by atoms with Crippen LogP contribution in [-0.2, 0) is 15.6 Å². The van der Waals surface area contributed by atoms with Crippen molar-refractivity contribution in [1.29, 1.82) is 0 Å². The Morgan fingerprint density at radius 2 is 2.04 bits per heavy atom. The van der Waals surface area contributed by atoms with Crippen LogP contribution in [0.25, 0.3) is 11.3 Å². The fraction of sp³-hybridized carbons (Fsp3) is 0.125. The van der Waals surface area contributed by atoms with Gasteiger partial charge in [0.1, 0.15) is 4.34 Å². The molecule has 0 aliphatic rings. The smallest absolute Gasteiger partial charge is 0.257 e. The molecule has 0 unspecified atom stereocenters. The lowest BCUT2D eigenvalue weighted by molar-refractivity contribution is 0.102. The third-order valence-corrected chi connectivity index (χ3v) is 6.38. The Bertz CT molecular complexity index is 1070. The lowest BCUT2D eigenvalue weighted by Crippen LogP contribution is -2.12. The maximum Gasteiger partial charge on any atom is 0.257 e. The summed E-state index contributed by atoms with van der Waals surface area (Å²) in [4.78, 5) is 16.8. The van der Waals surface area contributed by atoms with Crippen molar-refractivity contribution in [2.75, 3.05) is 11.6 Å². The van der Waals surface area contributed by atoms with Crippen molar-refractivity contribution in [3.05, 3.63) is 55.5 Å². The molecule has 0 atom stereocenters. The zero-order valence-corrected chi connectivity index (χ0v) is 17.3. The number of rotatable bonds is 5. The summed E-state index contributed by atoms with van der Waals surface area (Å²) in [6.07, 6.45) is 1.15. The van der Waals surface area contributed by atoms with Gasteiger partial charge in [-0.2, -0.15) is 0 Å². The molecule has 1 aromatic carbocycles. The number of thiazole rings is 1. The Morgan fingerprint density at radius 3 is 2.69 bits per heavy atom. The quantitative estimate of drug-likeness (QED) is 0.599. The molecule has 26 heavy (non-hydrogen) atoms. The summed E-state index contributed by atoms with van der Waals surface area (Å²) in [6, 6.07) is 8.22. The number of amides is 1. The van der Waals surface area contributed by atoms with E-state index in [0.717, 1.165) is 6.26 Å². The first-order valence-corrected chi connectivity index (χ1v) is 11.7. The van der Waals surface area contributed by atoms with Crippen LogP contribution < -0.4 is 5.32 Å². The van der Waals surface area contributed by atoms with E-state index >= 15 is 0 Å². The molecule has 1 N–H and O–H groups in total. The third-order valence-electron chi connectivity index (χ3n) is 3.28. The monoisotopic (exact) mass is 446 g/mol. The van der Waals surface area contributed by atoms with Crippen LogP contribution in [0.4, 0.5) is 5.13 Å². The Kier molecular flexibility index (Phi) is 5.69. The number of sulfone groups is 1. The highest BCUT2D eigenvalue weighted by atomic mass is 35.5. The normalized spacial score (nSPS) is 11.5. The number of nitrogens with one attached hydrogen (secondary N) is 1. The van der Waals surface area contributed by atoms with Crippen LogP contribution in [0.2, 0.25) is 8.67 Å². The maximum absolute atomic E-state index is 12.4. The minimum atomic E-state index is -3.17. The van der Waals surface area contributed by atoms with Crippen LogP contribution >= 0.6 is 45.9 Å². The second-order valence-corrected chi connectivity index (χ2v) is 10.8. The molecule has 2 aromatic heterocycles. The first-order chi connectivity index (χ1) is 12.2. The van der Waals surface area contributed by atoms with Gasteiger partial charge in [0.05, 0.1) is 15.8 Å². The van der Waals surface area contributed by atoms with Crippen molar-refractivity contribution in [3.63, 3.8) is 0 Å². The van der Waals surface area contributed by atoms with Crippen LogP contribution in [-0.4, -0.2) is 25.6 Å². The average molecular weight is 447 g/mol. The first kappa shape index (κ1) is 19.3. The fourth-order valence-corrected chi connectivity index (χ4v) is 5.22. The Hall–Kier alpha value is -1.45. The highest BCUT2D eigenvalue weighted by Gasteiger charge is 2.14. The maximum atomic E-state index is 12.4. The second kappa shape index (κ2) is 7.66. The van der Waals surface area contributed by atoms with Crippen molar-refractivity contribution >= 4 is 66.8 Å². The van der Waals surface area contributed by atoms with Crippen molar-refractivity contribution < 1.29 is 13.2 Å². The van der Waals surface area contributed by atoms with Gasteiger partial charge in [-0.05, 0) is 23.8 Å². The molecule has 136 valence electrons. The lowest BCUT2D eigenvalue weighted by Gasteiger charge is -2.04. The van der Waals surface area contributed by atoms with E-state index in [1.54, 1.807) is 35.7 Å². The van der Waals surface area contributed by atoms with Crippen LogP contribution in [0.1, 0.15) is 15.9 Å². The molecule has 1 amide bonds. The van der Waals surface area contributed by atoms with Gasteiger partial charge >= 0.3 is 0 Å². The van der Waals surface area contributed by atoms with Gasteiger partial charge in [-0.15, -0.1) is 22.7 Å². The minimum absolute atomic E-state index is 0.118. The molecular formula is C16H12Cl2N2O3S3. The summed E-state index contributed by atoms with van der Waals surface area (Å²) >= 11 is 14.6. The molecule has 3 aromatic rings. The Balaban J connectivity index is 1.77. The van der Waals surface area contributed by atoms with E-state index < -0.39 is 9.84 Å². The zero-order chi connectivity index (χ0) is 18.9. The van der Waals surface area contributed by atoms with Gasteiger partial charge in [0, 0.05) is 22.8 Å². The number of thiophene rings is 1. The minimum Gasteiger partial charge on any atom is -0.298 e. The van der Waals surface area contributed by atoms with Crippen LogP contribution in [0.3, 0.4) is 0 Å². The van der Waals surface area contributed by atoms with E-state index in [1.165, 1.54) is 22.7 Å². The van der Waals surface area contributed by atoms with Gasteiger partial charge < -0.3 is 0 Å². The highest BCUT2D eigenvalue weighted by Crippen LogP contribution is 2.39. The SMILES string of the molecule is CS(=O)(=O)Cc1cccc(C(=O)Nc2nc(-c3cc(Cl)sc3Cl)cs2)c1. The van der Waals surface area contributed by atoms with Gasteiger partial charge in [0.15, 0.2) is 15.0 Å². The van der Waals surface area contributed by atoms with E-state index in [1.807, 2.05) is 0 Å². The molecule has 3 rings (SSSR count). The molecule has 0 saturated heterocycles. The zero-order valence-electron chi connectivity index (χ0n) is 13.3. The topological polar surface area (TPSA) is 76.1 Å². The van der Waals surface area contributed by atoms with E-state index in [-0.39, 0.29) is 11.7 Å². The van der Waals surface area contributed by atoms with Gasteiger partial charge in [-0.25, -0.2) is 13.4 Å². The van der Waals surface area contributed by atoms with Crippen LogP contribution in [0, 0.1) is 0 Å². The predicted octanol–water partition coefficient (Wildman–Crippen LogP) is 4.98. The fourth-order valence-electron chi connectivity index (χ4n) is 2.24. The summed E-state index contributed by atoms with van der Waals surface area (Å²) in [5, 5.41) is 4.90. The number of hydrogen-bond acceptors (Lipinski definition) is 6. The number of nitrogens with zero attached hydrogens (tertiary/aromatic N) is 1. The molecule has 2 heterocycles. The standard InChI is InChI=1S/C16H12Cl2N2O3S3/c1-26(22,23)8-9-3-2-4-10(5-9)15(21)20-16-19-12(7-24-16)11-6-13(17)25-14(11)18/h2-7H,8H2,1H3,(H,19,20,21). The van der Waals surface area contributed by atoms with Crippen molar-refractivity contribution in [2.24, 2.45) is 0 Å². The predicted molar refractivity (Wildman–Crippen MR) is 108 cm³/mol. The molecule has 0 radical (unpaired) electrons. The Morgan fingerprint density at radius 1 is 1.27 bits per heavy atom. The van der Waals surface area contributed by atoms with E-state index in [2.05, 4.69) is 10.3 Å². The number of carbonyl (C=O) groups excluding carboxylic acids is 1. The van der Waals surface area contributed by atoms with Gasteiger partial charge in [0.2, 0.25) is 0 Å². The molecule has 0 spiro atoms. The number of carbonyl (C=O) groups is 1. The molecule has 0 fully saturated rings. The van der Waals surface area contributed by atoms with E-state index in [9.17, 15) is 13.2 Å². The summed E-state index contributed by atoms with van der Waals surface area (Å²) in [5.41, 5.74) is 2.26. The Labute approximate surface area is 168 Å². The number of aromatic nitrogens is 1. The average Bonchev–Trinajstić information content (AvgIpc) is 3.12. The summed E-state index contributed by atoms with van der Waals surface area (Å²) in [7, 11) is -3.17. The number of anilines is 1. The van der Waals surface area contributed by atoms with Crippen molar-refractivity contribution in [3.8, 4) is 11.3 Å². The second-order valence-electron chi connectivity index (χ2n) is 5.50. The number of benzene rings is 1. The van der Waals surface area contributed by atoms with Gasteiger partial charge in [-0.3, -0.25) is 10.1 Å².